The minimum Gasteiger partial charge on any atom is -0.480 e. The predicted octanol–water partition coefficient (Wildman–Crippen LogP) is 5.23. The molecule has 0 aliphatic heterocycles. The van der Waals surface area contributed by atoms with Crippen LogP contribution in [0.5, 0.6) is 0 Å². The Morgan fingerprint density at radius 1 is 0.816 bits per heavy atom. The zero-order valence-electron chi connectivity index (χ0n) is 20.7. The maximum atomic E-state index is 12.5. The number of hydrogen-bond donors (Lipinski definition) is 3. The van der Waals surface area contributed by atoms with Crippen LogP contribution < -0.4 is 10.6 Å². The molecule has 0 bridgehead atoms. The van der Waals surface area contributed by atoms with E-state index < -0.39 is 18.1 Å². The Balaban J connectivity index is 1.12. The molecule has 4 aromatic carbocycles. The minimum atomic E-state index is -1.24. The van der Waals surface area contributed by atoms with E-state index in [0.29, 0.717) is 6.54 Å². The van der Waals surface area contributed by atoms with Gasteiger partial charge in [-0.2, -0.15) is 0 Å². The number of rotatable bonds is 9. The molecular weight excluding hydrogens is 480 g/mol. The fourth-order valence-electron chi connectivity index (χ4n) is 4.95. The molecule has 7 nitrogen and oxygen atoms in total. The zero-order valence-corrected chi connectivity index (χ0v) is 20.7. The Bertz CT molecular complexity index is 1450. The van der Waals surface area contributed by atoms with Crippen molar-refractivity contribution < 1.29 is 24.2 Å². The van der Waals surface area contributed by atoms with Gasteiger partial charge >= 0.3 is 12.1 Å². The van der Waals surface area contributed by atoms with E-state index in [1.54, 1.807) is 0 Å². The molecule has 0 spiro atoms. The monoisotopic (exact) mass is 508 g/mol. The van der Waals surface area contributed by atoms with E-state index >= 15 is 0 Å². The van der Waals surface area contributed by atoms with E-state index in [4.69, 9.17) is 4.74 Å². The van der Waals surface area contributed by atoms with Gasteiger partial charge in [-0.3, -0.25) is 4.79 Å². The number of carbonyl (C=O) groups is 3. The summed E-state index contributed by atoms with van der Waals surface area (Å²) in [5.74, 6) is -1.64. The molecule has 3 N–H and O–H groups in total. The van der Waals surface area contributed by atoms with E-state index in [0.717, 1.165) is 38.6 Å². The van der Waals surface area contributed by atoms with Crippen LogP contribution in [-0.2, 0) is 20.9 Å². The molecule has 0 saturated carbocycles. The molecule has 2 amide bonds. The van der Waals surface area contributed by atoms with Crippen LogP contribution in [0.2, 0.25) is 0 Å². The zero-order chi connectivity index (χ0) is 26.5. The third-order valence-corrected chi connectivity index (χ3v) is 6.90. The van der Waals surface area contributed by atoms with Crippen LogP contribution in [0.15, 0.2) is 91.0 Å². The topological polar surface area (TPSA) is 105 Å². The Kier molecular flexibility index (Phi) is 7.35. The Hall–Kier alpha value is -4.65. The van der Waals surface area contributed by atoms with Crippen molar-refractivity contribution in [3.63, 3.8) is 0 Å². The van der Waals surface area contributed by atoms with Gasteiger partial charge in [0, 0.05) is 18.9 Å². The van der Waals surface area contributed by atoms with Crippen molar-refractivity contribution in [1.82, 2.24) is 10.6 Å². The van der Waals surface area contributed by atoms with Crippen LogP contribution in [0.25, 0.3) is 21.9 Å². The number of carbonyl (C=O) groups excluding carboxylic acids is 2. The van der Waals surface area contributed by atoms with Gasteiger partial charge in [0.15, 0.2) is 0 Å². The number of carboxylic acid groups (broad SMARTS) is 1. The van der Waals surface area contributed by atoms with E-state index in [2.05, 4.69) is 10.6 Å². The molecule has 4 aromatic rings. The highest BCUT2D eigenvalue weighted by Crippen LogP contribution is 2.44. The molecule has 7 heteroatoms. The third-order valence-electron chi connectivity index (χ3n) is 6.90. The lowest BCUT2D eigenvalue weighted by Gasteiger charge is -2.17. The molecule has 0 fully saturated rings. The normalized spacial score (nSPS) is 12.8. The molecular formula is C31H28N2O5. The number of ether oxygens (including phenoxy) is 1. The summed E-state index contributed by atoms with van der Waals surface area (Å²) in [7, 11) is 0. The van der Waals surface area contributed by atoms with Crippen molar-refractivity contribution in [2.24, 2.45) is 0 Å². The lowest BCUT2D eigenvalue weighted by atomic mass is 9.98. The largest absolute Gasteiger partial charge is 0.480 e. The second-order valence-corrected chi connectivity index (χ2v) is 9.36. The van der Waals surface area contributed by atoms with Gasteiger partial charge in [-0.05, 0) is 51.1 Å². The summed E-state index contributed by atoms with van der Waals surface area (Å²) in [6, 6.07) is 28.6. The molecule has 0 heterocycles. The first-order valence-corrected chi connectivity index (χ1v) is 12.6. The fourth-order valence-corrected chi connectivity index (χ4v) is 4.95. The second kappa shape index (κ2) is 11.2. The Morgan fingerprint density at radius 2 is 1.45 bits per heavy atom. The van der Waals surface area contributed by atoms with E-state index in [1.165, 1.54) is 0 Å². The van der Waals surface area contributed by atoms with Gasteiger partial charge in [-0.25, -0.2) is 9.59 Å². The van der Waals surface area contributed by atoms with Crippen molar-refractivity contribution in [1.29, 1.82) is 0 Å². The number of alkyl carbamates (subject to hydrolysis) is 1. The smallest absolute Gasteiger partial charge is 0.407 e. The summed E-state index contributed by atoms with van der Waals surface area (Å²) in [5.41, 5.74) is 5.30. The number of amides is 2. The summed E-state index contributed by atoms with van der Waals surface area (Å²) >= 11 is 0. The number of fused-ring (bicyclic) bond motifs is 4. The van der Waals surface area contributed by atoms with Gasteiger partial charge in [-0.1, -0.05) is 84.9 Å². The van der Waals surface area contributed by atoms with E-state index in [9.17, 15) is 19.5 Å². The van der Waals surface area contributed by atoms with Crippen LogP contribution in [0.1, 0.15) is 35.4 Å². The van der Waals surface area contributed by atoms with Crippen LogP contribution in [0.4, 0.5) is 4.79 Å². The molecule has 1 aliphatic carbocycles. The summed E-state index contributed by atoms with van der Waals surface area (Å²) in [4.78, 5) is 36.6. The molecule has 5 rings (SSSR count). The quantitative estimate of drug-likeness (QED) is 0.287. The van der Waals surface area contributed by atoms with Crippen LogP contribution in [-0.4, -0.2) is 35.7 Å². The lowest BCUT2D eigenvalue weighted by Crippen LogP contribution is -2.42. The molecule has 0 saturated heterocycles. The average Bonchev–Trinajstić information content (AvgIpc) is 3.26. The predicted molar refractivity (Wildman–Crippen MR) is 145 cm³/mol. The summed E-state index contributed by atoms with van der Waals surface area (Å²) in [6.07, 6.45) is -0.923. The molecule has 0 unspecified atom stereocenters. The number of nitrogens with one attached hydrogen (secondary N) is 2. The molecule has 192 valence electrons. The van der Waals surface area contributed by atoms with Crippen LogP contribution in [0.3, 0.4) is 0 Å². The molecule has 1 atom stereocenters. The maximum absolute atomic E-state index is 12.5. The molecule has 1 aliphatic rings. The van der Waals surface area contributed by atoms with Gasteiger partial charge in [-0.15, -0.1) is 0 Å². The highest BCUT2D eigenvalue weighted by Gasteiger charge is 2.29. The first-order chi connectivity index (χ1) is 18.5. The van der Waals surface area contributed by atoms with E-state index in [-0.39, 0.29) is 31.3 Å². The first-order valence-electron chi connectivity index (χ1n) is 12.6. The number of benzene rings is 4. The maximum Gasteiger partial charge on any atom is 0.407 e. The highest BCUT2D eigenvalue weighted by atomic mass is 16.5. The summed E-state index contributed by atoms with van der Waals surface area (Å²) in [5, 5.41) is 17.0. The summed E-state index contributed by atoms with van der Waals surface area (Å²) in [6.45, 7) is 0.416. The number of carboxylic acids is 1. The lowest BCUT2D eigenvalue weighted by molar-refractivity contribution is -0.139. The van der Waals surface area contributed by atoms with E-state index in [1.807, 2.05) is 91.0 Å². The fraction of sp³-hybridized carbons (Fsp3) is 0.194. The SMILES string of the molecule is O=C(CC[C@@H](NC(=O)OCC1c2ccccc2-c2ccccc21)C(=O)O)NCc1ccc2ccccc2c1. The molecule has 0 radical (unpaired) electrons. The number of aliphatic carboxylic acids is 1. The van der Waals surface area contributed by atoms with Crippen LogP contribution in [0, 0.1) is 0 Å². The average molecular weight is 509 g/mol. The van der Waals surface area contributed by atoms with Crippen molar-refractivity contribution in [2.45, 2.75) is 31.3 Å². The van der Waals surface area contributed by atoms with Gasteiger partial charge in [0.2, 0.25) is 5.91 Å². The van der Waals surface area contributed by atoms with Gasteiger partial charge in [0.05, 0.1) is 0 Å². The van der Waals surface area contributed by atoms with Crippen molar-refractivity contribution in [3.05, 3.63) is 108 Å². The van der Waals surface area contributed by atoms with Crippen LogP contribution >= 0.6 is 0 Å². The van der Waals surface area contributed by atoms with Crippen molar-refractivity contribution >= 4 is 28.7 Å². The van der Waals surface area contributed by atoms with Gasteiger partial charge in [0.25, 0.3) is 0 Å². The first kappa shape index (κ1) is 25.0. The standard InChI is InChI=1S/C31H28N2O5/c34-29(32-18-20-13-14-21-7-1-2-8-22(21)17-20)16-15-28(30(35)36)33-31(37)38-19-27-25-11-5-3-9-23(25)24-10-4-6-12-26(24)27/h1-14,17,27-28H,15-16,18-19H2,(H,32,34)(H,33,37)(H,35,36)/t28-/m1/s1. The number of hydrogen-bond acceptors (Lipinski definition) is 4. The van der Waals surface area contributed by atoms with Crippen molar-refractivity contribution in [2.75, 3.05) is 6.61 Å². The second-order valence-electron chi connectivity index (χ2n) is 9.36. The minimum absolute atomic E-state index is 0.0474. The highest BCUT2D eigenvalue weighted by molar-refractivity contribution is 5.84. The van der Waals surface area contributed by atoms with Gasteiger partial charge < -0.3 is 20.5 Å². The Labute approximate surface area is 220 Å². The summed E-state index contributed by atoms with van der Waals surface area (Å²) < 4.78 is 5.45. The molecule has 0 aromatic heterocycles. The Morgan fingerprint density at radius 3 is 2.13 bits per heavy atom. The molecule has 38 heavy (non-hydrogen) atoms. The van der Waals surface area contributed by atoms with Gasteiger partial charge in [0.1, 0.15) is 12.6 Å². The third kappa shape index (κ3) is 5.52. The van der Waals surface area contributed by atoms with Crippen molar-refractivity contribution in [3.8, 4) is 11.1 Å².